The Kier molecular flexibility index (Phi) is 4.26. The highest BCUT2D eigenvalue weighted by atomic mass is 16.5. The van der Waals surface area contributed by atoms with Crippen molar-refractivity contribution in [1.29, 1.82) is 0 Å². The first-order valence-electron chi connectivity index (χ1n) is 8.13. The molecule has 2 aromatic rings. The molecule has 0 unspecified atom stereocenters. The van der Waals surface area contributed by atoms with E-state index < -0.39 is 0 Å². The lowest BCUT2D eigenvalue weighted by Gasteiger charge is -2.28. The molecule has 0 spiro atoms. The normalized spacial score (nSPS) is 21.3. The first-order chi connectivity index (χ1) is 11.8. The highest BCUT2D eigenvalue weighted by Gasteiger charge is 2.24. The molecule has 24 heavy (non-hydrogen) atoms. The van der Waals surface area contributed by atoms with Crippen LogP contribution in [0, 0.1) is 0 Å². The summed E-state index contributed by atoms with van der Waals surface area (Å²) in [6.45, 7) is 3.75. The number of hydrogen-bond donors (Lipinski definition) is 0. The van der Waals surface area contributed by atoms with Crippen molar-refractivity contribution in [3.63, 3.8) is 0 Å². The smallest absolute Gasteiger partial charge is 0.269 e. The van der Waals surface area contributed by atoms with Crippen LogP contribution in [0.3, 0.4) is 0 Å². The average molecular weight is 333 g/mol. The Morgan fingerprint density at radius 2 is 2.12 bits per heavy atom. The van der Waals surface area contributed by atoms with E-state index in [2.05, 4.69) is 20.1 Å². The quantitative estimate of drug-likeness (QED) is 0.791. The second kappa shape index (κ2) is 6.70. The molecule has 1 atom stereocenters. The van der Waals surface area contributed by atoms with Gasteiger partial charge in [0.1, 0.15) is 12.6 Å². The van der Waals surface area contributed by atoms with Gasteiger partial charge in [0.2, 0.25) is 0 Å². The van der Waals surface area contributed by atoms with Crippen LogP contribution in [-0.2, 0) is 16.0 Å². The highest BCUT2D eigenvalue weighted by Crippen LogP contribution is 2.26. The van der Waals surface area contributed by atoms with E-state index in [9.17, 15) is 4.79 Å². The molecule has 4 heterocycles. The van der Waals surface area contributed by atoms with Crippen LogP contribution in [0.1, 0.15) is 30.7 Å². The van der Waals surface area contributed by atoms with Crippen molar-refractivity contribution in [2.75, 3.05) is 37.8 Å². The summed E-state index contributed by atoms with van der Waals surface area (Å²) in [4.78, 5) is 18.7. The van der Waals surface area contributed by atoms with E-state index in [1.807, 2.05) is 0 Å². The van der Waals surface area contributed by atoms with Crippen LogP contribution < -0.4 is 10.5 Å². The van der Waals surface area contributed by atoms with Crippen molar-refractivity contribution in [3.8, 4) is 0 Å². The third-order valence-electron chi connectivity index (χ3n) is 4.21. The number of morpholine rings is 1. The molecule has 0 aliphatic carbocycles. The molecule has 0 aromatic carbocycles. The molecule has 2 saturated heterocycles. The van der Waals surface area contributed by atoms with Crippen molar-refractivity contribution in [2.45, 2.75) is 25.5 Å². The van der Waals surface area contributed by atoms with E-state index in [1.54, 1.807) is 12.3 Å². The molecule has 0 bridgehead atoms. The molecule has 128 valence electrons. The van der Waals surface area contributed by atoms with Crippen molar-refractivity contribution >= 4 is 5.69 Å². The number of ether oxygens (including phenoxy) is 2. The fraction of sp³-hybridized carbons (Fsp3) is 0.600. The van der Waals surface area contributed by atoms with E-state index in [4.69, 9.17) is 14.0 Å². The second-order valence-corrected chi connectivity index (χ2v) is 5.86. The zero-order valence-corrected chi connectivity index (χ0v) is 13.3. The van der Waals surface area contributed by atoms with Gasteiger partial charge in [-0.2, -0.15) is 10.1 Å². The summed E-state index contributed by atoms with van der Waals surface area (Å²) in [5.74, 6) is 0.898. The minimum Gasteiger partial charge on any atom is -0.378 e. The van der Waals surface area contributed by atoms with Gasteiger partial charge in [-0.05, 0) is 12.8 Å². The number of nitrogens with zero attached hydrogens (tertiary/aromatic N) is 5. The lowest BCUT2D eigenvalue weighted by molar-refractivity contribution is 0.0835. The molecule has 2 fully saturated rings. The van der Waals surface area contributed by atoms with E-state index in [-0.39, 0.29) is 18.2 Å². The Labute approximate surface area is 138 Å². The Morgan fingerprint density at radius 3 is 2.88 bits per heavy atom. The predicted molar refractivity (Wildman–Crippen MR) is 82.9 cm³/mol. The van der Waals surface area contributed by atoms with Crippen LogP contribution in [0.25, 0.3) is 0 Å². The van der Waals surface area contributed by atoms with Gasteiger partial charge in [-0.1, -0.05) is 5.16 Å². The van der Waals surface area contributed by atoms with Crippen molar-refractivity contribution < 1.29 is 14.0 Å². The van der Waals surface area contributed by atoms with Crippen LogP contribution in [0.2, 0.25) is 0 Å². The van der Waals surface area contributed by atoms with Gasteiger partial charge in [0.15, 0.2) is 5.82 Å². The van der Waals surface area contributed by atoms with Gasteiger partial charge >= 0.3 is 0 Å². The van der Waals surface area contributed by atoms with Crippen LogP contribution in [0.15, 0.2) is 21.6 Å². The van der Waals surface area contributed by atoms with Gasteiger partial charge < -0.3 is 18.9 Å². The molecule has 0 N–H and O–H groups in total. The molecule has 9 nitrogen and oxygen atoms in total. The molecule has 0 radical (unpaired) electrons. The number of anilines is 1. The average Bonchev–Trinajstić information content (AvgIpc) is 3.29. The maximum Gasteiger partial charge on any atom is 0.269 e. The van der Waals surface area contributed by atoms with E-state index in [0.29, 0.717) is 31.5 Å². The molecule has 0 saturated carbocycles. The summed E-state index contributed by atoms with van der Waals surface area (Å²) in [6, 6.07) is 1.58. The van der Waals surface area contributed by atoms with Gasteiger partial charge in [0.25, 0.3) is 11.4 Å². The Hall–Kier alpha value is -2.26. The van der Waals surface area contributed by atoms with E-state index >= 15 is 0 Å². The third kappa shape index (κ3) is 3.17. The van der Waals surface area contributed by atoms with Crippen LogP contribution in [-0.4, -0.2) is 52.8 Å². The molecule has 2 aromatic heterocycles. The van der Waals surface area contributed by atoms with E-state index in [0.717, 1.165) is 31.6 Å². The zero-order valence-electron chi connectivity index (χ0n) is 13.3. The molecule has 4 rings (SSSR count). The van der Waals surface area contributed by atoms with Crippen molar-refractivity contribution in [1.82, 2.24) is 19.9 Å². The standard InChI is InChI=1S/C15H19N5O4/c21-14-8-11(19-3-6-22-7-4-19)9-16-20(14)10-13-17-15(24-18-13)12-2-1-5-23-12/h8-9,12H,1-7,10H2/t12-/m1/s1. The van der Waals surface area contributed by atoms with Crippen molar-refractivity contribution in [2.24, 2.45) is 0 Å². The van der Waals surface area contributed by atoms with Crippen molar-refractivity contribution in [3.05, 3.63) is 34.3 Å². The first-order valence-corrected chi connectivity index (χ1v) is 8.13. The maximum absolute atomic E-state index is 12.3. The van der Waals surface area contributed by atoms with Crippen LogP contribution >= 0.6 is 0 Å². The number of aromatic nitrogens is 4. The minimum atomic E-state index is -0.192. The van der Waals surface area contributed by atoms with Gasteiger partial charge in [0.05, 0.1) is 25.1 Å². The SMILES string of the molecule is O=c1cc(N2CCOCC2)cnn1Cc1noc([C@H]2CCCO2)n1. The Bertz CT molecular complexity index is 746. The topological polar surface area (TPSA) is 95.5 Å². The van der Waals surface area contributed by atoms with E-state index in [1.165, 1.54) is 4.68 Å². The fourth-order valence-electron chi connectivity index (χ4n) is 2.91. The lowest BCUT2D eigenvalue weighted by Crippen LogP contribution is -2.37. The molecule has 2 aliphatic heterocycles. The molecular weight excluding hydrogens is 314 g/mol. The summed E-state index contributed by atoms with van der Waals surface area (Å²) < 4.78 is 17.4. The Morgan fingerprint density at radius 1 is 1.25 bits per heavy atom. The largest absolute Gasteiger partial charge is 0.378 e. The Balaban J connectivity index is 1.47. The summed E-state index contributed by atoms with van der Waals surface area (Å²) in [5.41, 5.74) is 0.621. The third-order valence-corrected chi connectivity index (χ3v) is 4.21. The van der Waals surface area contributed by atoms with Gasteiger partial charge in [-0.15, -0.1) is 0 Å². The summed E-state index contributed by atoms with van der Waals surface area (Å²) in [7, 11) is 0. The predicted octanol–water partition coefficient (Wildman–Crippen LogP) is 0.363. The zero-order chi connectivity index (χ0) is 16.4. The summed E-state index contributed by atoms with van der Waals surface area (Å²) in [6.07, 6.45) is 3.44. The monoisotopic (exact) mass is 333 g/mol. The molecule has 2 aliphatic rings. The van der Waals surface area contributed by atoms with Gasteiger partial charge in [0, 0.05) is 25.8 Å². The summed E-state index contributed by atoms with van der Waals surface area (Å²) in [5, 5.41) is 8.14. The second-order valence-electron chi connectivity index (χ2n) is 5.86. The first kappa shape index (κ1) is 15.3. The van der Waals surface area contributed by atoms with Gasteiger partial charge in [-0.25, -0.2) is 4.68 Å². The molecule has 9 heteroatoms. The minimum absolute atomic E-state index is 0.125. The highest BCUT2D eigenvalue weighted by molar-refractivity contribution is 5.43. The van der Waals surface area contributed by atoms with Crippen LogP contribution in [0.4, 0.5) is 5.69 Å². The summed E-state index contributed by atoms with van der Waals surface area (Å²) >= 11 is 0. The lowest BCUT2D eigenvalue weighted by atomic mass is 10.2. The number of rotatable bonds is 4. The number of hydrogen-bond acceptors (Lipinski definition) is 8. The maximum atomic E-state index is 12.3. The molecule has 0 amide bonds. The van der Waals surface area contributed by atoms with Crippen LogP contribution in [0.5, 0.6) is 0 Å². The molecular formula is C15H19N5O4. The van der Waals surface area contributed by atoms with Gasteiger partial charge in [-0.3, -0.25) is 4.79 Å². The fourth-order valence-corrected chi connectivity index (χ4v) is 2.91.